The highest BCUT2D eigenvalue weighted by Crippen LogP contribution is 2.25. The molecule has 0 aliphatic heterocycles. The summed E-state index contributed by atoms with van der Waals surface area (Å²) < 4.78 is 6.38. The van der Waals surface area contributed by atoms with Crippen LogP contribution in [-0.2, 0) is 16.0 Å². The molecule has 3 rings (SSSR count). The van der Waals surface area contributed by atoms with E-state index in [9.17, 15) is 9.59 Å². The molecule has 3 aromatic rings. The number of hydrogen-bond donors (Lipinski definition) is 1. The van der Waals surface area contributed by atoms with Gasteiger partial charge in [0.1, 0.15) is 5.65 Å². The molecule has 1 aromatic carbocycles. The minimum Gasteiger partial charge on any atom is -0.481 e. The second kappa shape index (κ2) is 7.14. The first-order valence-corrected chi connectivity index (χ1v) is 7.77. The summed E-state index contributed by atoms with van der Waals surface area (Å²) in [5.41, 5.74) is 2.67. The number of aromatic nitrogens is 2. The lowest BCUT2D eigenvalue weighted by atomic mass is 10.2. The van der Waals surface area contributed by atoms with Crippen LogP contribution in [0.15, 0.2) is 52.8 Å². The zero-order valence-electron chi connectivity index (χ0n) is 14.2. The van der Waals surface area contributed by atoms with Crippen molar-refractivity contribution in [1.29, 1.82) is 0 Å². The number of azo groups is 1. The second-order valence-corrected chi connectivity index (χ2v) is 5.63. The Labute approximate surface area is 148 Å². The molecule has 132 valence electrons. The van der Waals surface area contributed by atoms with Crippen molar-refractivity contribution in [2.75, 3.05) is 7.11 Å². The molecule has 0 amide bonds. The number of aryl methyl sites for hydroxylation is 1. The van der Waals surface area contributed by atoms with Crippen LogP contribution in [0.1, 0.15) is 21.6 Å². The molecular formula is C18H16N4O4. The number of methoxy groups -OCH3 is 1. The predicted molar refractivity (Wildman–Crippen MR) is 93.2 cm³/mol. The minimum absolute atomic E-state index is 0.267. The van der Waals surface area contributed by atoms with E-state index in [4.69, 9.17) is 5.11 Å². The Bertz CT molecular complexity index is 1020. The maximum absolute atomic E-state index is 11.6. The van der Waals surface area contributed by atoms with Gasteiger partial charge in [0.15, 0.2) is 5.82 Å². The molecule has 0 bridgehead atoms. The van der Waals surface area contributed by atoms with Crippen LogP contribution in [0, 0.1) is 6.92 Å². The minimum atomic E-state index is -1.01. The monoisotopic (exact) mass is 352 g/mol. The van der Waals surface area contributed by atoms with Gasteiger partial charge in [-0.3, -0.25) is 9.20 Å². The van der Waals surface area contributed by atoms with Crippen molar-refractivity contribution in [3.05, 3.63) is 59.4 Å². The molecule has 26 heavy (non-hydrogen) atoms. The van der Waals surface area contributed by atoms with Crippen molar-refractivity contribution in [2.24, 2.45) is 10.2 Å². The Balaban J connectivity index is 2.04. The third kappa shape index (κ3) is 3.59. The van der Waals surface area contributed by atoms with Crippen LogP contribution < -0.4 is 0 Å². The Kier molecular flexibility index (Phi) is 4.74. The van der Waals surface area contributed by atoms with Gasteiger partial charge in [0.25, 0.3) is 0 Å². The van der Waals surface area contributed by atoms with Gasteiger partial charge in [-0.25, -0.2) is 9.78 Å². The molecule has 1 N–H and O–H groups in total. The maximum atomic E-state index is 11.6. The van der Waals surface area contributed by atoms with Crippen molar-refractivity contribution in [2.45, 2.75) is 13.3 Å². The Morgan fingerprint density at radius 1 is 1.23 bits per heavy atom. The van der Waals surface area contributed by atoms with Gasteiger partial charge in [0.2, 0.25) is 0 Å². The number of aliphatic carboxylic acids is 1. The number of carboxylic acids is 1. The smallest absolute Gasteiger partial charge is 0.337 e. The zero-order chi connectivity index (χ0) is 18.7. The largest absolute Gasteiger partial charge is 0.481 e. The van der Waals surface area contributed by atoms with E-state index in [0.717, 1.165) is 5.56 Å². The van der Waals surface area contributed by atoms with Crippen molar-refractivity contribution in [1.82, 2.24) is 9.38 Å². The van der Waals surface area contributed by atoms with Gasteiger partial charge in [0.05, 0.1) is 30.5 Å². The first-order chi connectivity index (χ1) is 12.5. The number of pyridine rings is 1. The second-order valence-electron chi connectivity index (χ2n) is 5.63. The summed E-state index contributed by atoms with van der Waals surface area (Å²) in [6, 6.07) is 10.2. The van der Waals surface area contributed by atoms with E-state index in [0.29, 0.717) is 28.4 Å². The van der Waals surface area contributed by atoms with E-state index >= 15 is 0 Å². The summed E-state index contributed by atoms with van der Waals surface area (Å²) in [5, 5.41) is 17.4. The van der Waals surface area contributed by atoms with Crippen molar-refractivity contribution in [3.63, 3.8) is 0 Å². The Morgan fingerprint density at radius 3 is 2.77 bits per heavy atom. The van der Waals surface area contributed by atoms with E-state index in [1.165, 1.54) is 7.11 Å². The van der Waals surface area contributed by atoms with Gasteiger partial charge in [0, 0.05) is 6.20 Å². The number of carbonyl (C=O) groups is 2. The topological polar surface area (TPSA) is 106 Å². The van der Waals surface area contributed by atoms with E-state index in [1.807, 2.05) is 19.2 Å². The number of carbonyl (C=O) groups excluding carboxylic acids is 1. The maximum Gasteiger partial charge on any atom is 0.337 e. The molecule has 0 radical (unpaired) electrons. The summed E-state index contributed by atoms with van der Waals surface area (Å²) in [6.45, 7) is 1.91. The van der Waals surface area contributed by atoms with Gasteiger partial charge in [-0.05, 0) is 36.8 Å². The lowest BCUT2D eigenvalue weighted by Gasteiger charge is -2.01. The molecule has 0 saturated heterocycles. The normalized spacial score (nSPS) is 11.2. The van der Waals surface area contributed by atoms with Gasteiger partial charge < -0.3 is 9.84 Å². The number of hydrogen-bond acceptors (Lipinski definition) is 6. The first kappa shape index (κ1) is 17.3. The van der Waals surface area contributed by atoms with Crippen LogP contribution in [0.5, 0.6) is 0 Å². The number of benzene rings is 1. The number of imidazole rings is 1. The number of esters is 1. The third-order valence-corrected chi connectivity index (χ3v) is 3.66. The molecule has 2 aromatic heterocycles. The van der Waals surface area contributed by atoms with Crippen molar-refractivity contribution < 1.29 is 19.4 Å². The number of carboxylic acid groups (broad SMARTS) is 1. The van der Waals surface area contributed by atoms with Crippen LogP contribution >= 0.6 is 0 Å². The number of nitrogens with zero attached hydrogens (tertiary/aromatic N) is 4. The molecule has 0 spiro atoms. The molecule has 0 unspecified atom stereocenters. The average Bonchev–Trinajstić information content (AvgIpc) is 2.95. The van der Waals surface area contributed by atoms with Crippen molar-refractivity contribution in [3.8, 4) is 0 Å². The van der Waals surface area contributed by atoms with E-state index in [-0.39, 0.29) is 6.42 Å². The number of ether oxygens (including phenoxy) is 1. The summed E-state index contributed by atoms with van der Waals surface area (Å²) in [7, 11) is 1.30. The van der Waals surface area contributed by atoms with Crippen LogP contribution in [0.25, 0.3) is 5.65 Å². The Morgan fingerprint density at radius 2 is 2.04 bits per heavy atom. The average molecular weight is 352 g/mol. The van der Waals surface area contributed by atoms with Gasteiger partial charge >= 0.3 is 11.9 Å². The molecule has 0 aliphatic carbocycles. The van der Waals surface area contributed by atoms with Gasteiger partial charge in [-0.1, -0.05) is 12.1 Å². The highest BCUT2D eigenvalue weighted by atomic mass is 16.5. The standard InChI is InChI=1S/C18H16N4O4/c1-11-6-7-15-19-14(9-16(23)24)17(22(15)10-11)21-20-13-5-3-4-12(8-13)18(25)26-2/h3-8,10H,9H2,1-2H3,(H,23,24). The summed E-state index contributed by atoms with van der Waals surface area (Å²) in [4.78, 5) is 27.1. The number of rotatable bonds is 5. The molecular weight excluding hydrogens is 336 g/mol. The molecule has 8 heteroatoms. The first-order valence-electron chi connectivity index (χ1n) is 7.77. The molecule has 8 nitrogen and oxygen atoms in total. The summed E-state index contributed by atoms with van der Waals surface area (Å²) in [6.07, 6.45) is 1.55. The Hall–Kier alpha value is -3.55. The lowest BCUT2D eigenvalue weighted by Crippen LogP contribution is -2.00. The van der Waals surface area contributed by atoms with Crippen LogP contribution in [0.4, 0.5) is 11.5 Å². The molecule has 0 saturated carbocycles. The molecule has 0 aliphatic rings. The van der Waals surface area contributed by atoms with Crippen molar-refractivity contribution >= 4 is 29.1 Å². The lowest BCUT2D eigenvalue weighted by molar-refractivity contribution is -0.136. The predicted octanol–water partition coefficient (Wildman–Crippen LogP) is 3.47. The number of fused-ring (bicyclic) bond motifs is 1. The highest BCUT2D eigenvalue weighted by molar-refractivity contribution is 5.90. The van der Waals surface area contributed by atoms with E-state index < -0.39 is 11.9 Å². The SMILES string of the molecule is COC(=O)c1cccc(N=Nc2c(CC(=O)O)nc3ccc(C)cn23)c1. The fourth-order valence-corrected chi connectivity index (χ4v) is 2.47. The molecule has 0 fully saturated rings. The van der Waals surface area contributed by atoms with Crippen LogP contribution in [0.3, 0.4) is 0 Å². The quantitative estimate of drug-likeness (QED) is 0.559. The van der Waals surface area contributed by atoms with Gasteiger partial charge in [-0.15, -0.1) is 10.2 Å². The summed E-state index contributed by atoms with van der Waals surface area (Å²) in [5.74, 6) is -1.14. The molecule has 0 atom stereocenters. The summed E-state index contributed by atoms with van der Waals surface area (Å²) >= 11 is 0. The van der Waals surface area contributed by atoms with E-state index in [1.54, 1.807) is 34.7 Å². The van der Waals surface area contributed by atoms with E-state index in [2.05, 4.69) is 19.9 Å². The third-order valence-electron chi connectivity index (χ3n) is 3.66. The fourth-order valence-electron chi connectivity index (χ4n) is 2.47. The fraction of sp³-hybridized carbons (Fsp3) is 0.167. The molecule has 2 heterocycles. The highest BCUT2D eigenvalue weighted by Gasteiger charge is 2.15. The van der Waals surface area contributed by atoms with Crippen LogP contribution in [0.2, 0.25) is 0 Å². The van der Waals surface area contributed by atoms with Gasteiger partial charge in [-0.2, -0.15) is 0 Å². The zero-order valence-corrected chi connectivity index (χ0v) is 14.2. The van der Waals surface area contributed by atoms with Crippen LogP contribution in [-0.4, -0.2) is 33.5 Å².